The number of rotatable bonds is 6. The summed E-state index contributed by atoms with van der Waals surface area (Å²) in [6.07, 6.45) is 3.53. The Morgan fingerprint density at radius 1 is 1.14 bits per heavy atom. The molecule has 5 nitrogen and oxygen atoms in total. The quantitative estimate of drug-likeness (QED) is 0.789. The Kier molecular flexibility index (Phi) is 5.39. The topological polar surface area (TPSA) is 89.3 Å². The van der Waals surface area contributed by atoms with Crippen molar-refractivity contribution in [2.45, 2.75) is 50.5 Å². The number of anilines is 1. The number of nitrogens with one attached hydrogen (secondary N) is 1. The van der Waals surface area contributed by atoms with E-state index in [-0.39, 0.29) is 27.6 Å². The zero-order valence-corrected chi connectivity index (χ0v) is 13.9. The predicted molar refractivity (Wildman–Crippen MR) is 85.0 cm³/mol. The first-order valence-corrected chi connectivity index (χ1v) is 8.99. The summed E-state index contributed by atoms with van der Waals surface area (Å²) in [5.41, 5.74) is 5.98. The number of sulfone groups is 1. The van der Waals surface area contributed by atoms with Gasteiger partial charge < -0.3 is 11.1 Å². The summed E-state index contributed by atoms with van der Waals surface area (Å²) in [6.45, 7) is 6.07. The predicted octanol–water partition coefficient (Wildman–Crippen LogP) is 2.37. The first kappa shape index (κ1) is 17.5. The summed E-state index contributed by atoms with van der Waals surface area (Å²) in [5, 5.41) is 3.01. The molecule has 0 saturated heterocycles. The highest BCUT2D eigenvalue weighted by Gasteiger charge is 2.26. The van der Waals surface area contributed by atoms with Crippen molar-refractivity contribution in [1.82, 2.24) is 5.32 Å². The molecule has 1 amide bonds. The van der Waals surface area contributed by atoms with Gasteiger partial charge in [-0.05, 0) is 37.5 Å². The molecule has 0 atom stereocenters. The molecule has 0 heterocycles. The van der Waals surface area contributed by atoms with Crippen molar-refractivity contribution in [2.24, 2.45) is 0 Å². The molecule has 3 N–H and O–H groups in total. The lowest BCUT2D eigenvalue weighted by Crippen LogP contribution is -2.47. The van der Waals surface area contributed by atoms with Crippen LogP contribution in [0.1, 0.15) is 50.4 Å². The van der Waals surface area contributed by atoms with Crippen molar-refractivity contribution in [3.63, 3.8) is 0 Å². The zero-order chi connectivity index (χ0) is 16.3. The van der Waals surface area contributed by atoms with Gasteiger partial charge in [-0.15, -0.1) is 0 Å². The van der Waals surface area contributed by atoms with Crippen LogP contribution in [0, 0.1) is 0 Å². The van der Waals surface area contributed by atoms with Gasteiger partial charge in [-0.1, -0.05) is 20.8 Å². The molecule has 0 unspecified atom stereocenters. The van der Waals surface area contributed by atoms with E-state index in [1.165, 1.54) is 18.2 Å². The van der Waals surface area contributed by atoms with Gasteiger partial charge in [0.25, 0.3) is 5.91 Å². The van der Waals surface area contributed by atoms with E-state index in [1.54, 1.807) is 0 Å². The standard InChI is InChI=1S/C15H24N2O3S/c1-5-15(6-2,7-3)17-14(18)11-8-12(16)10-13(9-11)21(4,19)20/h8-10H,5-7,16H2,1-4H3,(H,17,18). The fraction of sp³-hybridized carbons (Fsp3) is 0.533. The molecule has 118 valence electrons. The van der Waals surface area contributed by atoms with Gasteiger partial charge in [0.1, 0.15) is 0 Å². The Morgan fingerprint density at radius 2 is 1.67 bits per heavy atom. The molecule has 0 radical (unpaired) electrons. The van der Waals surface area contributed by atoms with Crippen molar-refractivity contribution >= 4 is 21.4 Å². The third kappa shape index (κ3) is 4.20. The second-order valence-electron chi connectivity index (χ2n) is 5.36. The maximum atomic E-state index is 12.4. The Labute approximate surface area is 126 Å². The summed E-state index contributed by atoms with van der Waals surface area (Å²) in [5.74, 6) is -0.294. The smallest absolute Gasteiger partial charge is 0.251 e. The molecule has 0 aliphatic rings. The molecule has 0 spiro atoms. The van der Waals surface area contributed by atoms with Crippen molar-refractivity contribution in [3.05, 3.63) is 23.8 Å². The zero-order valence-electron chi connectivity index (χ0n) is 13.1. The van der Waals surface area contributed by atoms with E-state index in [0.717, 1.165) is 25.5 Å². The lowest BCUT2D eigenvalue weighted by atomic mass is 9.89. The van der Waals surface area contributed by atoms with Crippen LogP contribution in [-0.2, 0) is 9.84 Å². The Balaban J connectivity index is 3.17. The summed E-state index contributed by atoms with van der Waals surface area (Å²) in [6, 6.07) is 4.22. The minimum absolute atomic E-state index is 0.0581. The summed E-state index contributed by atoms with van der Waals surface area (Å²) in [4.78, 5) is 12.5. The lowest BCUT2D eigenvalue weighted by molar-refractivity contribution is 0.0888. The summed E-state index contributed by atoms with van der Waals surface area (Å²) >= 11 is 0. The highest BCUT2D eigenvalue weighted by molar-refractivity contribution is 7.90. The maximum Gasteiger partial charge on any atom is 0.251 e. The molecular formula is C15H24N2O3S. The van der Waals surface area contributed by atoms with Crippen LogP contribution in [0.25, 0.3) is 0 Å². The van der Waals surface area contributed by atoms with Gasteiger partial charge in [0, 0.05) is 23.0 Å². The second kappa shape index (κ2) is 6.47. The number of nitrogen functional groups attached to an aromatic ring is 1. The number of hydrogen-bond donors (Lipinski definition) is 2. The number of carbonyl (C=O) groups excluding carboxylic acids is 1. The van der Waals surface area contributed by atoms with Gasteiger partial charge >= 0.3 is 0 Å². The number of amides is 1. The average molecular weight is 312 g/mol. The van der Waals surface area contributed by atoms with Crippen LogP contribution in [0.15, 0.2) is 23.1 Å². The van der Waals surface area contributed by atoms with Gasteiger partial charge in [0.2, 0.25) is 0 Å². The van der Waals surface area contributed by atoms with E-state index >= 15 is 0 Å². The van der Waals surface area contributed by atoms with Crippen molar-refractivity contribution in [2.75, 3.05) is 12.0 Å². The fourth-order valence-corrected chi connectivity index (χ4v) is 2.99. The number of hydrogen-bond acceptors (Lipinski definition) is 4. The van der Waals surface area contributed by atoms with Gasteiger partial charge in [-0.2, -0.15) is 0 Å². The van der Waals surface area contributed by atoms with E-state index in [2.05, 4.69) is 5.32 Å². The van der Waals surface area contributed by atoms with Crippen molar-refractivity contribution in [1.29, 1.82) is 0 Å². The number of carbonyl (C=O) groups is 1. The number of nitrogens with two attached hydrogens (primary N) is 1. The molecule has 0 aromatic heterocycles. The highest BCUT2D eigenvalue weighted by Crippen LogP contribution is 2.22. The van der Waals surface area contributed by atoms with Crippen LogP contribution in [0.2, 0.25) is 0 Å². The monoisotopic (exact) mass is 312 g/mol. The van der Waals surface area contributed by atoms with Gasteiger partial charge in [0.05, 0.1) is 4.90 Å². The third-order valence-electron chi connectivity index (χ3n) is 4.03. The molecule has 1 rings (SSSR count). The average Bonchev–Trinajstić information content (AvgIpc) is 2.43. The molecule has 1 aromatic carbocycles. The Hall–Kier alpha value is -1.56. The lowest BCUT2D eigenvalue weighted by Gasteiger charge is -2.31. The van der Waals surface area contributed by atoms with Gasteiger partial charge in [0.15, 0.2) is 9.84 Å². The highest BCUT2D eigenvalue weighted by atomic mass is 32.2. The molecule has 1 aromatic rings. The molecule has 0 bridgehead atoms. The van der Waals surface area contributed by atoms with E-state index in [0.29, 0.717) is 0 Å². The van der Waals surface area contributed by atoms with E-state index in [9.17, 15) is 13.2 Å². The van der Waals surface area contributed by atoms with Crippen LogP contribution in [-0.4, -0.2) is 26.1 Å². The van der Waals surface area contributed by atoms with Crippen LogP contribution in [0.4, 0.5) is 5.69 Å². The van der Waals surface area contributed by atoms with Crippen molar-refractivity contribution in [3.8, 4) is 0 Å². The number of benzene rings is 1. The summed E-state index contributed by atoms with van der Waals surface area (Å²) in [7, 11) is -3.40. The Morgan fingerprint density at radius 3 is 2.10 bits per heavy atom. The third-order valence-corrected chi connectivity index (χ3v) is 5.12. The normalized spacial score (nSPS) is 12.2. The van der Waals surface area contributed by atoms with Crippen molar-refractivity contribution < 1.29 is 13.2 Å². The minimum Gasteiger partial charge on any atom is -0.399 e. The molecule has 0 fully saturated rings. The molecule has 6 heteroatoms. The fourth-order valence-electron chi connectivity index (χ4n) is 2.30. The maximum absolute atomic E-state index is 12.4. The van der Waals surface area contributed by atoms with E-state index in [1.807, 2.05) is 20.8 Å². The minimum atomic E-state index is -3.40. The summed E-state index contributed by atoms with van der Waals surface area (Å²) < 4.78 is 23.3. The SMILES string of the molecule is CCC(CC)(CC)NC(=O)c1cc(N)cc(S(C)(=O)=O)c1. The Bertz CT molecular complexity index is 612. The van der Waals surface area contributed by atoms with E-state index in [4.69, 9.17) is 5.73 Å². The van der Waals surface area contributed by atoms with Crippen LogP contribution >= 0.6 is 0 Å². The van der Waals surface area contributed by atoms with Gasteiger partial charge in [-0.3, -0.25) is 4.79 Å². The largest absolute Gasteiger partial charge is 0.399 e. The molecular weight excluding hydrogens is 288 g/mol. The molecule has 0 aliphatic carbocycles. The molecule has 0 saturated carbocycles. The van der Waals surface area contributed by atoms with Crippen LogP contribution in [0.5, 0.6) is 0 Å². The molecule has 21 heavy (non-hydrogen) atoms. The molecule has 0 aliphatic heterocycles. The van der Waals surface area contributed by atoms with Gasteiger partial charge in [-0.25, -0.2) is 8.42 Å². The van der Waals surface area contributed by atoms with E-state index < -0.39 is 9.84 Å². The second-order valence-corrected chi connectivity index (χ2v) is 7.37. The first-order valence-electron chi connectivity index (χ1n) is 7.10. The van der Waals surface area contributed by atoms with Crippen LogP contribution < -0.4 is 11.1 Å². The van der Waals surface area contributed by atoms with Crippen LogP contribution in [0.3, 0.4) is 0 Å². The first-order chi connectivity index (χ1) is 9.67.